The second-order valence-corrected chi connectivity index (χ2v) is 9.93. The molecule has 0 aliphatic carbocycles. The Morgan fingerprint density at radius 3 is 2.72 bits per heavy atom. The Balaban J connectivity index is 1.40. The number of nitrogens with one attached hydrogen (secondary N) is 1. The summed E-state index contributed by atoms with van der Waals surface area (Å²) in [5, 5.41) is 18.3. The summed E-state index contributed by atoms with van der Waals surface area (Å²) < 4.78 is 4.11. The quantitative estimate of drug-likeness (QED) is 0.284. The second kappa shape index (κ2) is 9.87. The van der Waals surface area contributed by atoms with Crippen LogP contribution in [0.1, 0.15) is 41.5 Å². The number of thiophene rings is 1. The molecule has 0 saturated heterocycles. The Kier molecular flexibility index (Phi) is 6.95. The van der Waals surface area contributed by atoms with Crippen molar-refractivity contribution in [2.24, 2.45) is 5.92 Å². The molecule has 0 bridgehead atoms. The van der Waals surface area contributed by atoms with Gasteiger partial charge in [-0.2, -0.15) is 5.10 Å². The van der Waals surface area contributed by atoms with E-state index in [2.05, 4.69) is 39.0 Å². The van der Waals surface area contributed by atoms with Crippen LogP contribution in [-0.2, 0) is 13.0 Å². The summed E-state index contributed by atoms with van der Waals surface area (Å²) in [6.07, 6.45) is 3.63. The predicted octanol–water partition coefficient (Wildman–Crippen LogP) is 4.73. The summed E-state index contributed by atoms with van der Waals surface area (Å²) in [5.41, 5.74) is 1.92. The smallest absolute Gasteiger partial charge is 0.261 e. The molecule has 0 fully saturated rings. The first-order valence-corrected chi connectivity index (χ1v) is 12.8. The zero-order valence-corrected chi connectivity index (χ0v) is 20.5. The van der Waals surface area contributed by atoms with Gasteiger partial charge in [0, 0.05) is 24.9 Å². The van der Waals surface area contributed by atoms with Crippen LogP contribution in [-0.4, -0.2) is 43.3 Å². The number of hydrogen-bond donors (Lipinski definition) is 1. The van der Waals surface area contributed by atoms with Crippen LogP contribution in [0.3, 0.4) is 0 Å². The van der Waals surface area contributed by atoms with Gasteiger partial charge >= 0.3 is 0 Å². The minimum atomic E-state index is -0.0429. The van der Waals surface area contributed by atoms with Crippen LogP contribution in [0, 0.1) is 12.8 Å². The summed E-state index contributed by atoms with van der Waals surface area (Å²) >= 11 is 3.09. The van der Waals surface area contributed by atoms with Gasteiger partial charge in [-0.15, -0.1) is 21.5 Å². The largest absolute Gasteiger partial charge is 0.351 e. The van der Waals surface area contributed by atoms with Crippen LogP contribution in [0.4, 0.5) is 0 Å². The van der Waals surface area contributed by atoms with E-state index < -0.39 is 0 Å². The van der Waals surface area contributed by atoms with E-state index in [-0.39, 0.29) is 5.91 Å². The van der Waals surface area contributed by atoms with E-state index in [1.807, 2.05) is 54.3 Å². The Labute approximate surface area is 196 Å². The molecule has 168 valence electrons. The SMILES string of the molecule is CSc1nnc(CCCNC(=O)c2cc3c(C)nn(-c4ccccc4)c3s2)n1CC(C)C. The van der Waals surface area contributed by atoms with Crippen molar-refractivity contribution >= 4 is 39.2 Å². The predicted molar refractivity (Wildman–Crippen MR) is 131 cm³/mol. The van der Waals surface area contributed by atoms with Crippen molar-refractivity contribution in [2.75, 3.05) is 12.8 Å². The molecule has 7 nitrogen and oxygen atoms in total. The second-order valence-electron chi connectivity index (χ2n) is 8.13. The number of aromatic nitrogens is 5. The third-order valence-electron chi connectivity index (χ3n) is 5.16. The Bertz CT molecular complexity index is 1210. The molecule has 0 saturated carbocycles. The number of para-hydroxylation sites is 1. The summed E-state index contributed by atoms with van der Waals surface area (Å²) in [4.78, 5) is 14.5. The molecule has 9 heteroatoms. The average Bonchev–Trinajstić information content (AvgIpc) is 3.46. The summed E-state index contributed by atoms with van der Waals surface area (Å²) in [6.45, 7) is 7.87. The van der Waals surface area contributed by atoms with Crippen LogP contribution < -0.4 is 5.32 Å². The number of carbonyl (C=O) groups is 1. The maximum absolute atomic E-state index is 12.8. The molecule has 3 heterocycles. The van der Waals surface area contributed by atoms with Crippen molar-refractivity contribution in [2.45, 2.75) is 45.3 Å². The van der Waals surface area contributed by atoms with Gasteiger partial charge in [0.2, 0.25) is 0 Å². The molecule has 0 atom stereocenters. The molecule has 4 rings (SSSR count). The highest BCUT2D eigenvalue weighted by Crippen LogP contribution is 2.30. The van der Waals surface area contributed by atoms with Crippen molar-refractivity contribution in [1.29, 1.82) is 0 Å². The standard InChI is InChI=1S/C23H28N6OS2/c1-15(2)14-28-20(25-26-23(28)31-4)11-8-12-24-21(30)19-13-18-16(3)27-29(22(18)32-19)17-9-6-5-7-10-17/h5-7,9-10,13,15H,8,11-12,14H2,1-4H3,(H,24,30). The van der Waals surface area contributed by atoms with Crippen LogP contribution >= 0.6 is 23.1 Å². The molecule has 0 aliphatic heterocycles. The minimum absolute atomic E-state index is 0.0429. The van der Waals surface area contributed by atoms with E-state index in [1.54, 1.807) is 11.8 Å². The van der Waals surface area contributed by atoms with Crippen molar-refractivity contribution in [1.82, 2.24) is 29.9 Å². The van der Waals surface area contributed by atoms with Gasteiger partial charge in [-0.05, 0) is 43.7 Å². The molecule has 4 aromatic rings. The number of thioether (sulfide) groups is 1. The first-order chi connectivity index (χ1) is 15.5. The van der Waals surface area contributed by atoms with E-state index in [1.165, 1.54) is 11.3 Å². The van der Waals surface area contributed by atoms with Gasteiger partial charge < -0.3 is 9.88 Å². The van der Waals surface area contributed by atoms with Crippen molar-refractivity contribution in [3.05, 3.63) is 52.8 Å². The molecule has 0 radical (unpaired) electrons. The van der Waals surface area contributed by atoms with E-state index in [0.717, 1.165) is 52.0 Å². The Morgan fingerprint density at radius 1 is 1.22 bits per heavy atom. The molecule has 0 aliphatic rings. The zero-order valence-electron chi connectivity index (χ0n) is 18.8. The molecule has 0 unspecified atom stereocenters. The third-order valence-corrected chi connectivity index (χ3v) is 6.93. The van der Waals surface area contributed by atoms with Gasteiger partial charge in [-0.3, -0.25) is 4.79 Å². The van der Waals surface area contributed by atoms with E-state index in [9.17, 15) is 4.79 Å². The van der Waals surface area contributed by atoms with E-state index >= 15 is 0 Å². The third kappa shape index (κ3) is 4.73. The molecule has 3 aromatic heterocycles. The van der Waals surface area contributed by atoms with Crippen molar-refractivity contribution in [3.8, 4) is 5.69 Å². The highest BCUT2D eigenvalue weighted by atomic mass is 32.2. The maximum Gasteiger partial charge on any atom is 0.261 e. The fourth-order valence-electron chi connectivity index (χ4n) is 3.64. The number of hydrogen-bond acceptors (Lipinski definition) is 6. The molecular weight excluding hydrogens is 440 g/mol. The Hall–Kier alpha value is -2.65. The lowest BCUT2D eigenvalue weighted by molar-refractivity contribution is 0.0957. The van der Waals surface area contributed by atoms with E-state index in [4.69, 9.17) is 0 Å². The fourth-order valence-corrected chi connectivity index (χ4v) is 5.26. The molecule has 0 spiro atoms. The Morgan fingerprint density at radius 2 is 2.00 bits per heavy atom. The number of aryl methyl sites for hydroxylation is 2. The molecular formula is C23H28N6OS2. The number of benzene rings is 1. The highest BCUT2D eigenvalue weighted by molar-refractivity contribution is 7.98. The number of rotatable bonds is 9. The van der Waals surface area contributed by atoms with Gasteiger partial charge in [0.25, 0.3) is 5.91 Å². The number of nitrogens with zero attached hydrogens (tertiary/aromatic N) is 5. The summed E-state index contributed by atoms with van der Waals surface area (Å²) in [7, 11) is 0. The molecule has 1 N–H and O–H groups in total. The van der Waals surface area contributed by atoms with Crippen LogP contribution in [0.2, 0.25) is 0 Å². The van der Waals surface area contributed by atoms with Crippen LogP contribution in [0.5, 0.6) is 0 Å². The number of fused-ring (bicyclic) bond motifs is 1. The van der Waals surface area contributed by atoms with Gasteiger partial charge in [0.1, 0.15) is 10.7 Å². The van der Waals surface area contributed by atoms with Crippen molar-refractivity contribution < 1.29 is 4.79 Å². The average molecular weight is 469 g/mol. The van der Waals surface area contributed by atoms with Gasteiger partial charge in [-0.1, -0.05) is 43.8 Å². The maximum atomic E-state index is 12.8. The first-order valence-electron chi connectivity index (χ1n) is 10.8. The van der Waals surface area contributed by atoms with Crippen LogP contribution in [0.25, 0.3) is 15.9 Å². The minimum Gasteiger partial charge on any atom is -0.351 e. The molecule has 1 aromatic carbocycles. The fraction of sp³-hybridized carbons (Fsp3) is 0.391. The summed E-state index contributed by atoms with van der Waals surface area (Å²) in [5.74, 6) is 1.47. The number of carbonyl (C=O) groups excluding carboxylic acids is 1. The van der Waals surface area contributed by atoms with Gasteiger partial charge in [0.05, 0.1) is 16.3 Å². The summed E-state index contributed by atoms with van der Waals surface area (Å²) in [6, 6.07) is 11.9. The number of amides is 1. The van der Waals surface area contributed by atoms with E-state index in [0.29, 0.717) is 17.3 Å². The monoisotopic (exact) mass is 468 g/mol. The molecule has 1 amide bonds. The topological polar surface area (TPSA) is 77.6 Å². The highest BCUT2D eigenvalue weighted by Gasteiger charge is 2.17. The van der Waals surface area contributed by atoms with Crippen molar-refractivity contribution in [3.63, 3.8) is 0 Å². The lowest BCUT2D eigenvalue weighted by Gasteiger charge is -2.11. The van der Waals surface area contributed by atoms with Gasteiger partial charge in [0.15, 0.2) is 5.16 Å². The lowest BCUT2D eigenvalue weighted by Crippen LogP contribution is -2.24. The zero-order chi connectivity index (χ0) is 22.7. The van der Waals surface area contributed by atoms with Gasteiger partial charge in [-0.25, -0.2) is 4.68 Å². The first kappa shape index (κ1) is 22.5. The normalized spacial score (nSPS) is 11.5. The lowest BCUT2D eigenvalue weighted by atomic mass is 10.2. The molecule has 32 heavy (non-hydrogen) atoms. The van der Waals surface area contributed by atoms with Crippen LogP contribution in [0.15, 0.2) is 41.6 Å².